The molecule has 2 rings (SSSR count). The summed E-state index contributed by atoms with van der Waals surface area (Å²) in [5, 5.41) is 3.54. The summed E-state index contributed by atoms with van der Waals surface area (Å²) in [5.41, 5.74) is 1.16. The Hall–Kier alpha value is -1.68. The van der Waals surface area contributed by atoms with Crippen molar-refractivity contribution in [2.75, 3.05) is 6.54 Å². The van der Waals surface area contributed by atoms with Crippen molar-refractivity contribution >= 4 is 0 Å². The Morgan fingerprint density at radius 1 is 1.26 bits per heavy atom. The lowest BCUT2D eigenvalue weighted by atomic mass is 10.1. The summed E-state index contributed by atoms with van der Waals surface area (Å²) in [4.78, 5) is 8.78. The van der Waals surface area contributed by atoms with E-state index in [4.69, 9.17) is 0 Å². The van der Waals surface area contributed by atoms with E-state index in [2.05, 4.69) is 32.8 Å². The Bertz CT molecular complexity index is 478. The molecule has 0 aliphatic carbocycles. The van der Waals surface area contributed by atoms with Gasteiger partial charge in [-0.25, -0.2) is 4.98 Å². The molecule has 1 N–H and O–H groups in total. The second kappa shape index (κ2) is 7.04. The van der Waals surface area contributed by atoms with Crippen molar-refractivity contribution in [3.05, 3.63) is 48.3 Å². The summed E-state index contributed by atoms with van der Waals surface area (Å²) >= 11 is 0. The van der Waals surface area contributed by atoms with Gasteiger partial charge in [0, 0.05) is 43.8 Å². The zero-order chi connectivity index (χ0) is 13.5. The molecule has 0 aliphatic rings. The van der Waals surface area contributed by atoms with Crippen molar-refractivity contribution in [2.45, 2.75) is 32.2 Å². The molecule has 0 amide bonds. The molecule has 1 unspecified atom stereocenters. The normalized spacial score (nSPS) is 12.5. The van der Waals surface area contributed by atoms with Crippen LogP contribution >= 0.6 is 0 Å². The Morgan fingerprint density at radius 2 is 2.16 bits per heavy atom. The zero-order valence-corrected chi connectivity index (χ0v) is 11.7. The van der Waals surface area contributed by atoms with Gasteiger partial charge in [-0.05, 0) is 31.5 Å². The summed E-state index contributed by atoms with van der Waals surface area (Å²) in [6.45, 7) is 3.13. The molecule has 0 fully saturated rings. The van der Waals surface area contributed by atoms with E-state index in [0.29, 0.717) is 6.04 Å². The third kappa shape index (κ3) is 4.17. The number of rotatable bonds is 7. The highest BCUT2D eigenvalue weighted by Crippen LogP contribution is 2.07. The fourth-order valence-corrected chi connectivity index (χ4v) is 2.25. The highest BCUT2D eigenvalue weighted by atomic mass is 15.0. The molecule has 1 atom stereocenters. The molecule has 0 spiro atoms. The Labute approximate surface area is 114 Å². The molecule has 4 nitrogen and oxygen atoms in total. The smallest absolute Gasteiger partial charge is 0.109 e. The standard InChI is InChI=1S/C15H22N4/c1-3-16-14(12-15-18-10-11-19(15)2)8-7-13-6-4-5-9-17-13/h4-6,9-11,14,16H,3,7-8,12H2,1-2H3. The van der Waals surface area contributed by atoms with Gasteiger partial charge in [-0.3, -0.25) is 4.98 Å². The van der Waals surface area contributed by atoms with Gasteiger partial charge in [0.1, 0.15) is 5.82 Å². The minimum atomic E-state index is 0.452. The minimum absolute atomic E-state index is 0.452. The first kappa shape index (κ1) is 13.7. The summed E-state index contributed by atoms with van der Waals surface area (Å²) < 4.78 is 2.09. The molecule has 0 saturated carbocycles. The number of nitrogens with zero attached hydrogens (tertiary/aromatic N) is 3. The highest BCUT2D eigenvalue weighted by Gasteiger charge is 2.11. The topological polar surface area (TPSA) is 42.7 Å². The number of likely N-dealkylation sites (N-methyl/N-ethyl adjacent to an activating group) is 1. The van der Waals surface area contributed by atoms with Crippen LogP contribution in [0, 0.1) is 0 Å². The van der Waals surface area contributed by atoms with Gasteiger partial charge in [0.15, 0.2) is 0 Å². The van der Waals surface area contributed by atoms with Gasteiger partial charge in [-0.2, -0.15) is 0 Å². The van der Waals surface area contributed by atoms with Gasteiger partial charge in [-0.1, -0.05) is 13.0 Å². The summed E-state index contributed by atoms with van der Waals surface area (Å²) in [6.07, 6.45) is 8.76. The summed E-state index contributed by atoms with van der Waals surface area (Å²) in [7, 11) is 2.05. The molecular weight excluding hydrogens is 236 g/mol. The Kier molecular flexibility index (Phi) is 5.10. The first-order valence-corrected chi connectivity index (χ1v) is 6.89. The van der Waals surface area contributed by atoms with Gasteiger partial charge in [0.25, 0.3) is 0 Å². The van der Waals surface area contributed by atoms with Crippen LogP contribution in [0.15, 0.2) is 36.8 Å². The highest BCUT2D eigenvalue weighted by molar-refractivity contribution is 5.04. The maximum atomic E-state index is 4.40. The summed E-state index contributed by atoms with van der Waals surface area (Å²) in [5.74, 6) is 1.13. The number of hydrogen-bond donors (Lipinski definition) is 1. The zero-order valence-electron chi connectivity index (χ0n) is 11.7. The third-order valence-electron chi connectivity index (χ3n) is 3.32. The molecule has 0 saturated heterocycles. The van der Waals surface area contributed by atoms with Crippen LogP contribution in [0.1, 0.15) is 24.9 Å². The predicted octanol–water partition coefficient (Wildman–Crippen LogP) is 1.97. The average Bonchev–Trinajstić information content (AvgIpc) is 2.83. The average molecular weight is 258 g/mol. The lowest BCUT2D eigenvalue weighted by Gasteiger charge is -2.17. The van der Waals surface area contributed by atoms with Crippen molar-refractivity contribution < 1.29 is 0 Å². The summed E-state index contributed by atoms with van der Waals surface area (Å²) in [6, 6.07) is 6.54. The SMILES string of the molecule is CCNC(CCc1ccccn1)Cc1nccn1C. The predicted molar refractivity (Wildman–Crippen MR) is 76.9 cm³/mol. The minimum Gasteiger partial charge on any atom is -0.338 e. The quantitative estimate of drug-likeness (QED) is 0.825. The number of nitrogens with one attached hydrogen (secondary N) is 1. The van der Waals surface area contributed by atoms with Crippen molar-refractivity contribution in [3.8, 4) is 0 Å². The van der Waals surface area contributed by atoms with Crippen LogP contribution in [0.4, 0.5) is 0 Å². The largest absolute Gasteiger partial charge is 0.338 e. The maximum Gasteiger partial charge on any atom is 0.109 e. The number of hydrogen-bond acceptors (Lipinski definition) is 3. The monoisotopic (exact) mass is 258 g/mol. The first-order chi connectivity index (χ1) is 9.29. The molecule has 0 aromatic carbocycles. The van der Waals surface area contributed by atoms with E-state index in [1.807, 2.05) is 37.8 Å². The molecule has 4 heteroatoms. The van der Waals surface area contributed by atoms with Crippen molar-refractivity contribution in [2.24, 2.45) is 7.05 Å². The fourth-order valence-electron chi connectivity index (χ4n) is 2.25. The molecule has 19 heavy (non-hydrogen) atoms. The van der Waals surface area contributed by atoms with E-state index >= 15 is 0 Å². The molecule has 2 heterocycles. The van der Waals surface area contributed by atoms with E-state index in [9.17, 15) is 0 Å². The lowest BCUT2D eigenvalue weighted by Crippen LogP contribution is -2.32. The second-order valence-corrected chi connectivity index (χ2v) is 4.77. The number of aryl methyl sites for hydroxylation is 2. The van der Waals surface area contributed by atoms with Gasteiger partial charge in [-0.15, -0.1) is 0 Å². The second-order valence-electron chi connectivity index (χ2n) is 4.77. The van der Waals surface area contributed by atoms with E-state index in [1.165, 1.54) is 0 Å². The fraction of sp³-hybridized carbons (Fsp3) is 0.467. The third-order valence-corrected chi connectivity index (χ3v) is 3.32. The first-order valence-electron chi connectivity index (χ1n) is 6.89. The maximum absolute atomic E-state index is 4.40. The van der Waals surface area contributed by atoms with Crippen LogP contribution in [0.3, 0.4) is 0 Å². The van der Waals surface area contributed by atoms with Crippen molar-refractivity contribution in [1.82, 2.24) is 19.9 Å². The molecule has 0 bridgehead atoms. The van der Waals surface area contributed by atoms with E-state index in [1.54, 1.807) is 0 Å². The van der Waals surface area contributed by atoms with Gasteiger partial charge in [0.2, 0.25) is 0 Å². The van der Waals surface area contributed by atoms with Gasteiger partial charge >= 0.3 is 0 Å². The van der Waals surface area contributed by atoms with Crippen LogP contribution in [-0.4, -0.2) is 27.1 Å². The van der Waals surface area contributed by atoms with Crippen LogP contribution in [-0.2, 0) is 19.9 Å². The van der Waals surface area contributed by atoms with Crippen LogP contribution in [0.25, 0.3) is 0 Å². The van der Waals surface area contributed by atoms with Crippen LogP contribution in [0.2, 0.25) is 0 Å². The number of imidazole rings is 1. The van der Waals surface area contributed by atoms with Gasteiger partial charge in [0.05, 0.1) is 0 Å². The molecule has 2 aromatic heterocycles. The van der Waals surface area contributed by atoms with E-state index < -0.39 is 0 Å². The molecule has 0 aliphatic heterocycles. The number of aromatic nitrogens is 3. The molecule has 102 valence electrons. The Balaban J connectivity index is 1.91. The van der Waals surface area contributed by atoms with E-state index in [0.717, 1.165) is 37.3 Å². The molecule has 0 radical (unpaired) electrons. The molecular formula is C15H22N4. The molecule has 2 aromatic rings. The van der Waals surface area contributed by atoms with Crippen LogP contribution < -0.4 is 5.32 Å². The van der Waals surface area contributed by atoms with Crippen molar-refractivity contribution in [3.63, 3.8) is 0 Å². The van der Waals surface area contributed by atoms with Gasteiger partial charge < -0.3 is 9.88 Å². The Morgan fingerprint density at radius 3 is 2.79 bits per heavy atom. The lowest BCUT2D eigenvalue weighted by molar-refractivity contribution is 0.474. The van der Waals surface area contributed by atoms with E-state index in [-0.39, 0.29) is 0 Å². The van der Waals surface area contributed by atoms with Crippen molar-refractivity contribution in [1.29, 1.82) is 0 Å². The van der Waals surface area contributed by atoms with Crippen LogP contribution in [0.5, 0.6) is 0 Å². The number of pyridine rings is 1.